The summed E-state index contributed by atoms with van der Waals surface area (Å²) in [6.07, 6.45) is 3.60. The van der Waals surface area contributed by atoms with Gasteiger partial charge in [-0.2, -0.15) is 0 Å². The Morgan fingerprint density at radius 2 is 2.12 bits per heavy atom. The van der Waals surface area contributed by atoms with Crippen LogP contribution in [0.15, 0.2) is 12.7 Å². The molecule has 2 N–H and O–H groups in total. The zero-order chi connectivity index (χ0) is 12.0. The van der Waals surface area contributed by atoms with Crippen molar-refractivity contribution in [2.75, 3.05) is 7.05 Å². The van der Waals surface area contributed by atoms with E-state index in [9.17, 15) is 13.2 Å². The molecular formula is C10H16N2O3S. The summed E-state index contributed by atoms with van der Waals surface area (Å²) in [4.78, 5) is 11.9. The van der Waals surface area contributed by atoms with Crippen LogP contribution in [0, 0.1) is 5.92 Å². The molecule has 0 unspecified atom stereocenters. The molecule has 0 aromatic rings. The zero-order valence-electron chi connectivity index (χ0n) is 9.19. The molecule has 0 bridgehead atoms. The summed E-state index contributed by atoms with van der Waals surface area (Å²) in [6.45, 7) is 3.62. The van der Waals surface area contributed by atoms with Gasteiger partial charge in [0.2, 0.25) is 10.0 Å². The van der Waals surface area contributed by atoms with Crippen LogP contribution >= 0.6 is 0 Å². The molecule has 6 heteroatoms. The lowest BCUT2D eigenvalue weighted by Gasteiger charge is -2.15. The summed E-state index contributed by atoms with van der Waals surface area (Å²) in [5.74, 6) is -0.432. The Kier molecular flexibility index (Phi) is 2.58. The minimum atomic E-state index is -3.45. The van der Waals surface area contributed by atoms with Gasteiger partial charge in [0, 0.05) is 5.92 Å². The van der Waals surface area contributed by atoms with Crippen LogP contribution in [0.3, 0.4) is 0 Å². The van der Waals surface area contributed by atoms with E-state index in [1.165, 1.54) is 0 Å². The third kappa shape index (κ3) is 1.76. The lowest BCUT2D eigenvalue weighted by Crippen LogP contribution is -2.49. The summed E-state index contributed by atoms with van der Waals surface area (Å²) in [5, 5.41) is 2.52. The molecule has 2 atom stereocenters. The summed E-state index contributed by atoms with van der Waals surface area (Å²) < 4.78 is 25.4. The second-order valence-corrected chi connectivity index (χ2v) is 6.40. The Morgan fingerprint density at radius 1 is 1.50 bits per heavy atom. The number of sulfonamides is 1. The van der Waals surface area contributed by atoms with Crippen molar-refractivity contribution in [2.45, 2.75) is 30.1 Å². The predicted molar refractivity (Wildman–Crippen MR) is 60.2 cm³/mol. The molecule has 2 fully saturated rings. The second-order valence-electron chi connectivity index (χ2n) is 4.44. The van der Waals surface area contributed by atoms with E-state index >= 15 is 0 Å². The van der Waals surface area contributed by atoms with E-state index in [1.807, 2.05) is 0 Å². The lowest BCUT2D eigenvalue weighted by atomic mass is 10.2. The minimum Gasteiger partial charge on any atom is -0.306 e. The molecule has 0 spiro atoms. The van der Waals surface area contributed by atoms with Crippen molar-refractivity contribution >= 4 is 15.9 Å². The normalized spacial score (nSPS) is 33.2. The largest absolute Gasteiger partial charge is 0.306 e. The van der Waals surface area contributed by atoms with E-state index in [-0.39, 0.29) is 11.2 Å². The maximum absolute atomic E-state index is 11.9. The fraction of sp³-hybridized carbons (Fsp3) is 0.700. The van der Waals surface area contributed by atoms with Crippen LogP contribution in [0.5, 0.6) is 0 Å². The lowest BCUT2D eigenvalue weighted by molar-refractivity contribution is -0.122. The van der Waals surface area contributed by atoms with Crippen LogP contribution in [0.1, 0.15) is 19.3 Å². The van der Waals surface area contributed by atoms with Gasteiger partial charge < -0.3 is 5.32 Å². The van der Waals surface area contributed by atoms with Crippen LogP contribution in [0.4, 0.5) is 0 Å². The predicted octanol–water partition coefficient (Wildman–Crippen LogP) is -0.241. The highest BCUT2D eigenvalue weighted by atomic mass is 32.2. The topological polar surface area (TPSA) is 75.3 Å². The van der Waals surface area contributed by atoms with Crippen LogP contribution < -0.4 is 10.0 Å². The molecule has 2 rings (SSSR count). The molecule has 0 aromatic carbocycles. The van der Waals surface area contributed by atoms with Crippen LogP contribution in [-0.4, -0.2) is 32.2 Å². The molecule has 16 heavy (non-hydrogen) atoms. The van der Waals surface area contributed by atoms with Crippen LogP contribution in [-0.2, 0) is 14.8 Å². The Hall–Kier alpha value is -0.880. The van der Waals surface area contributed by atoms with E-state index in [1.54, 1.807) is 13.1 Å². The highest BCUT2D eigenvalue weighted by molar-refractivity contribution is 7.90. The number of likely N-dealkylation sites (N-methyl/N-ethyl adjacent to an activating group) is 1. The average Bonchev–Trinajstić information content (AvgIpc) is 3.10. The van der Waals surface area contributed by atoms with Gasteiger partial charge in [-0.25, -0.2) is 8.42 Å². The van der Waals surface area contributed by atoms with Crippen molar-refractivity contribution < 1.29 is 13.2 Å². The van der Waals surface area contributed by atoms with Gasteiger partial charge in [-0.05, 0) is 26.3 Å². The molecule has 1 amide bonds. The Labute approximate surface area is 95.3 Å². The van der Waals surface area contributed by atoms with Crippen molar-refractivity contribution in [3.05, 3.63) is 12.7 Å². The zero-order valence-corrected chi connectivity index (χ0v) is 10.0. The molecule has 2 aliphatic rings. The number of carbonyl (C=O) groups excluding carboxylic acids is 1. The summed E-state index contributed by atoms with van der Waals surface area (Å²) in [6, 6.07) is 0. The summed E-state index contributed by atoms with van der Waals surface area (Å²) in [7, 11) is -1.79. The number of nitrogens with one attached hydrogen (secondary N) is 2. The van der Waals surface area contributed by atoms with Crippen molar-refractivity contribution in [1.82, 2.24) is 10.0 Å². The Bertz CT molecular complexity index is 427. The van der Waals surface area contributed by atoms with E-state index in [2.05, 4.69) is 16.6 Å². The van der Waals surface area contributed by atoms with Gasteiger partial charge in [0.1, 0.15) is 5.54 Å². The molecule has 5 nitrogen and oxygen atoms in total. The monoisotopic (exact) mass is 244 g/mol. The third-order valence-electron chi connectivity index (χ3n) is 3.35. The number of hydrogen-bond acceptors (Lipinski definition) is 4. The van der Waals surface area contributed by atoms with E-state index in [0.717, 1.165) is 0 Å². The molecule has 2 aliphatic carbocycles. The molecule has 2 saturated carbocycles. The standard InChI is InChI=1S/C10H16N2O3S/c1-3-7-6-10(7,11-2)9(13)12-16(14,15)8-4-5-8/h3,7-8,11H,1,4-6H2,2H3,(H,12,13)/t7-,10-/m1/s1. The van der Waals surface area contributed by atoms with Gasteiger partial charge in [-0.1, -0.05) is 6.08 Å². The van der Waals surface area contributed by atoms with Gasteiger partial charge >= 0.3 is 0 Å². The van der Waals surface area contributed by atoms with Crippen LogP contribution in [0.25, 0.3) is 0 Å². The molecule has 0 saturated heterocycles. The minimum absolute atomic E-state index is 0.0203. The van der Waals surface area contributed by atoms with E-state index < -0.39 is 21.5 Å². The molecule has 0 heterocycles. The summed E-state index contributed by atoms with van der Waals surface area (Å²) in [5.41, 5.74) is -0.760. The van der Waals surface area contributed by atoms with Gasteiger partial charge in [0.25, 0.3) is 5.91 Å². The van der Waals surface area contributed by atoms with Crippen molar-refractivity contribution in [3.63, 3.8) is 0 Å². The quantitative estimate of drug-likeness (QED) is 0.654. The SMILES string of the molecule is C=C[C@@H]1C[C@]1(NC)C(=O)NS(=O)(=O)C1CC1. The first-order valence-electron chi connectivity index (χ1n) is 5.34. The molecule has 0 aliphatic heterocycles. The van der Waals surface area contributed by atoms with Gasteiger partial charge in [-0.3, -0.25) is 9.52 Å². The first kappa shape index (κ1) is 11.6. The fourth-order valence-corrected chi connectivity index (χ4v) is 3.28. The Morgan fingerprint density at radius 3 is 2.50 bits per heavy atom. The maximum atomic E-state index is 11.9. The van der Waals surface area contributed by atoms with Gasteiger partial charge in [0.05, 0.1) is 5.25 Å². The summed E-state index contributed by atoms with van der Waals surface area (Å²) >= 11 is 0. The fourth-order valence-electron chi connectivity index (χ4n) is 1.92. The van der Waals surface area contributed by atoms with E-state index in [0.29, 0.717) is 19.3 Å². The smallest absolute Gasteiger partial charge is 0.254 e. The first-order chi connectivity index (χ1) is 7.46. The Balaban J connectivity index is 2.06. The maximum Gasteiger partial charge on any atom is 0.254 e. The number of hydrogen-bond donors (Lipinski definition) is 2. The number of amides is 1. The third-order valence-corrected chi connectivity index (χ3v) is 5.17. The van der Waals surface area contributed by atoms with Crippen molar-refractivity contribution in [2.24, 2.45) is 5.92 Å². The van der Waals surface area contributed by atoms with Crippen molar-refractivity contribution in [1.29, 1.82) is 0 Å². The molecular weight excluding hydrogens is 228 g/mol. The number of rotatable bonds is 5. The second kappa shape index (κ2) is 3.56. The van der Waals surface area contributed by atoms with Gasteiger partial charge in [0.15, 0.2) is 0 Å². The first-order valence-corrected chi connectivity index (χ1v) is 6.88. The van der Waals surface area contributed by atoms with Crippen LogP contribution in [0.2, 0.25) is 0 Å². The molecule has 0 aromatic heterocycles. The van der Waals surface area contributed by atoms with E-state index in [4.69, 9.17) is 0 Å². The molecule has 90 valence electrons. The average molecular weight is 244 g/mol. The molecule has 0 radical (unpaired) electrons. The highest BCUT2D eigenvalue weighted by Crippen LogP contribution is 2.44. The number of carbonyl (C=O) groups is 1. The van der Waals surface area contributed by atoms with Crippen molar-refractivity contribution in [3.8, 4) is 0 Å². The van der Waals surface area contributed by atoms with Gasteiger partial charge in [-0.15, -0.1) is 6.58 Å². The highest BCUT2D eigenvalue weighted by Gasteiger charge is 2.58.